The monoisotopic (exact) mass is 530 g/mol. The fraction of sp³-hybridized carbons (Fsp3) is 0.467. The molecular formula is C30H38N6O3. The van der Waals surface area contributed by atoms with Crippen molar-refractivity contribution in [3.05, 3.63) is 81.4 Å². The number of pyridine rings is 1. The van der Waals surface area contributed by atoms with E-state index in [1.807, 2.05) is 28.9 Å². The van der Waals surface area contributed by atoms with Gasteiger partial charge < -0.3 is 14.5 Å². The van der Waals surface area contributed by atoms with Crippen molar-refractivity contribution in [2.45, 2.75) is 77.7 Å². The van der Waals surface area contributed by atoms with Gasteiger partial charge >= 0.3 is 0 Å². The minimum atomic E-state index is -0.0782. The van der Waals surface area contributed by atoms with Gasteiger partial charge in [-0.1, -0.05) is 38.5 Å². The molecule has 9 heteroatoms. The molecule has 1 N–H and O–H groups in total. The third-order valence-corrected chi connectivity index (χ3v) is 7.57. The van der Waals surface area contributed by atoms with Crippen molar-refractivity contribution < 1.29 is 9.47 Å². The van der Waals surface area contributed by atoms with Crippen LogP contribution in [0.25, 0.3) is 10.9 Å². The molecule has 2 atom stereocenters. The summed E-state index contributed by atoms with van der Waals surface area (Å²) in [7, 11) is 1.67. The summed E-state index contributed by atoms with van der Waals surface area (Å²) in [4.78, 5) is 18.7. The second kappa shape index (κ2) is 12.5. The van der Waals surface area contributed by atoms with Gasteiger partial charge in [-0.15, -0.1) is 5.10 Å². The van der Waals surface area contributed by atoms with E-state index in [0.29, 0.717) is 19.6 Å². The van der Waals surface area contributed by atoms with Gasteiger partial charge in [0.05, 0.1) is 25.8 Å². The van der Waals surface area contributed by atoms with E-state index in [1.165, 1.54) is 5.56 Å². The Hall–Kier alpha value is -3.56. The van der Waals surface area contributed by atoms with Crippen molar-refractivity contribution in [3.63, 3.8) is 0 Å². The molecule has 3 heterocycles. The lowest BCUT2D eigenvalue weighted by molar-refractivity contribution is 0.0885. The molecule has 1 fully saturated rings. The summed E-state index contributed by atoms with van der Waals surface area (Å²) >= 11 is 0. The maximum absolute atomic E-state index is 13.3. The summed E-state index contributed by atoms with van der Waals surface area (Å²) in [6.45, 7) is 6.82. The number of methoxy groups -OCH3 is 1. The lowest BCUT2D eigenvalue weighted by Crippen LogP contribution is -2.33. The fourth-order valence-electron chi connectivity index (χ4n) is 5.41. The molecule has 2 aromatic carbocycles. The van der Waals surface area contributed by atoms with E-state index in [9.17, 15) is 4.79 Å². The number of nitrogens with one attached hydrogen (secondary N) is 1. The minimum absolute atomic E-state index is 0.0688. The number of nitrogens with zero attached hydrogens (tertiary/aromatic N) is 5. The molecule has 0 spiro atoms. The summed E-state index contributed by atoms with van der Waals surface area (Å²) in [6.07, 6.45) is 4.95. The van der Waals surface area contributed by atoms with Gasteiger partial charge in [-0.05, 0) is 83.0 Å². The standard InChI is InChI=1S/C30H38N6O3/c1-4-7-28(29-32-33-34-36(29)20-26-8-6-15-39-26)35(18-22-9-12-25(38-3)13-10-22)19-24-17-23-16-21(5-2)11-14-27(23)31-30(24)37/h9-14,16-17,26,28H,4-8,15,18-20H2,1-3H3,(H,31,37)/t26-,28+/m0/s1. The van der Waals surface area contributed by atoms with Crippen LogP contribution < -0.4 is 10.3 Å². The van der Waals surface area contributed by atoms with E-state index in [4.69, 9.17) is 9.47 Å². The van der Waals surface area contributed by atoms with Crippen molar-refractivity contribution in [3.8, 4) is 5.75 Å². The van der Waals surface area contributed by atoms with Crippen LogP contribution in [0.1, 0.15) is 68.1 Å². The largest absolute Gasteiger partial charge is 0.497 e. The Morgan fingerprint density at radius 2 is 1.95 bits per heavy atom. The molecule has 1 aliphatic rings. The van der Waals surface area contributed by atoms with Crippen LogP contribution in [0.4, 0.5) is 0 Å². The SMILES string of the molecule is CCC[C@H](c1nnnn1C[C@@H]1CCCO1)N(Cc1ccc(OC)cc1)Cc1cc2cc(CC)ccc2[nH]c1=O. The molecule has 0 bridgehead atoms. The quantitative estimate of drug-likeness (QED) is 0.281. The van der Waals surface area contributed by atoms with E-state index in [1.54, 1.807) is 7.11 Å². The first kappa shape index (κ1) is 27.0. The zero-order valence-corrected chi connectivity index (χ0v) is 23.1. The number of H-pyrrole nitrogens is 1. The Morgan fingerprint density at radius 1 is 1.13 bits per heavy atom. The summed E-state index contributed by atoms with van der Waals surface area (Å²) in [6, 6.07) is 16.3. The Balaban J connectivity index is 1.52. The van der Waals surface area contributed by atoms with Crippen molar-refractivity contribution in [2.24, 2.45) is 0 Å². The van der Waals surface area contributed by atoms with Crippen LogP contribution in [0.15, 0.2) is 53.3 Å². The third-order valence-electron chi connectivity index (χ3n) is 7.57. The van der Waals surface area contributed by atoms with Gasteiger partial charge in [0.1, 0.15) is 5.75 Å². The lowest BCUT2D eigenvalue weighted by atomic mass is 10.0. The highest BCUT2D eigenvalue weighted by atomic mass is 16.5. The molecule has 206 valence electrons. The maximum Gasteiger partial charge on any atom is 0.252 e. The number of aromatic nitrogens is 5. The molecule has 9 nitrogen and oxygen atoms in total. The van der Waals surface area contributed by atoms with Crippen molar-refractivity contribution in [2.75, 3.05) is 13.7 Å². The van der Waals surface area contributed by atoms with E-state index in [-0.39, 0.29) is 17.7 Å². The van der Waals surface area contributed by atoms with Crippen LogP contribution in [0.2, 0.25) is 0 Å². The first-order valence-electron chi connectivity index (χ1n) is 14.0. The van der Waals surface area contributed by atoms with Crippen LogP contribution in [0, 0.1) is 0 Å². The van der Waals surface area contributed by atoms with Crippen molar-refractivity contribution in [1.82, 2.24) is 30.1 Å². The zero-order valence-electron chi connectivity index (χ0n) is 23.1. The van der Waals surface area contributed by atoms with Gasteiger partial charge in [0.25, 0.3) is 5.56 Å². The lowest BCUT2D eigenvalue weighted by Gasteiger charge is -2.31. The predicted molar refractivity (Wildman–Crippen MR) is 151 cm³/mol. The molecule has 39 heavy (non-hydrogen) atoms. The topological polar surface area (TPSA) is 98.2 Å². The molecule has 0 amide bonds. The molecule has 0 radical (unpaired) electrons. The van der Waals surface area contributed by atoms with Gasteiger partial charge in [0, 0.05) is 30.8 Å². The predicted octanol–water partition coefficient (Wildman–Crippen LogP) is 4.81. The summed E-state index contributed by atoms with van der Waals surface area (Å²) in [5.74, 6) is 1.62. The molecule has 4 aromatic rings. The first-order chi connectivity index (χ1) is 19.1. The molecule has 1 aliphatic heterocycles. The maximum atomic E-state index is 13.3. The highest BCUT2D eigenvalue weighted by Crippen LogP contribution is 2.29. The number of benzene rings is 2. The second-order valence-electron chi connectivity index (χ2n) is 10.3. The number of hydrogen-bond donors (Lipinski definition) is 1. The number of aryl methyl sites for hydroxylation is 1. The van der Waals surface area contributed by atoms with E-state index in [2.05, 4.69) is 63.5 Å². The Labute approximate surface area is 229 Å². The highest BCUT2D eigenvalue weighted by Gasteiger charge is 2.28. The van der Waals surface area contributed by atoms with Gasteiger partial charge in [0.2, 0.25) is 0 Å². The van der Waals surface area contributed by atoms with Crippen molar-refractivity contribution in [1.29, 1.82) is 0 Å². The number of fused-ring (bicyclic) bond motifs is 1. The average molecular weight is 531 g/mol. The van der Waals surface area contributed by atoms with Gasteiger partial charge in [-0.25, -0.2) is 4.68 Å². The third kappa shape index (κ3) is 6.37. The van der Waals surface area contributed by atoms with Gasteiger partial charge in [-0.3, -0.25) is 9.69 Å². The molecule has 0 aliphatic carbocycles. The Kier molecular flexibility index (Phi) is 8.68. The highest BCUT2D eigenvalue weighted by molar-refractivity contribution is 5.79. The van der Waals surface area contributed by atoms with Gasteiger partial charge in [-0.2, -0.15) is 0 Å². The number of aromatic amines is 1. The zero-order chi connectivity index (χ0) is 27.2. The molecule has 2 aromatic heterocycles. The van der Waals surface area contributed by atoms with Crippen LogP contribution >= 0.6 is 0 Å². The fourth-order valence-corrected chi connectivity index (χ4v) is 5.41. The normalized spacial score (nSPS) is 16.3. The van der Waals surface area contributed by atoms with Crippen LogP contribution in [0.3, 0.4) is 0 Å². The Morgan fingerprint density at radius 3 is 2.67 bits per heavy atom. The number of ether oxygens (including phenoxy) is 2. The first-order valence-corrected chi connectivity index (χ1v) is 14.0. The molecule has 0 saturated carbocycles. The van der Waals surface area contributed by atoms with Crippen molar-refractivity contribution >= 4 is 10.9 Å². The summed E-state index contributed by atoms with van der Waals surface area (Å²) in [5.41, 5.74) is 3.88. The Bertz CT molecular complexity index is 1420. The van der Waals surface area contributed by atoms with E-state index in [0.717, 1.165) is 72.3 Å². The molecule has 1 saturated heterocycles. The van der Waals surface area contributed by atoms with Gasteiger partial charge in [0.15, 0.2) is 5.82 Å². The molecular weight excluding hydrogens is 492 g/mol. The van der Waals surface area contributed by atoms with Crippen LogP contribution in [-0.4, -0.2) is 49.9 Å². The number of tetrazole rings is 1. The van der Waals surface area contributed by atoms with E-state index >= 15 is 0 Å². The van der Waals surface area contributed by atoms with E-state index < -0.39 is 0 Å². The van der Waals surface area contributed by atoms with Crippen LogP contribution in [0.5, 0.6) is 5.75 Å². The summed E-state index contributed by atoms with van der Waals surface area (Å²) < 4.78 is 13.1. The number of rotatable bonds is 12. The summed E-state index contributed by atoms with van der Waals surface area (Å²) in [5, 5.41) is 14.0. The molecule has 5 rings (SSSR count). The molecule has 0 unspecified atom stereocenters. The van der Waals surface area contributed by atoms with Crippen LogP contribution in [-0.2, 0) is 30.8 Å². The smallest absolute Gasteiger partial charge is 0.252 e. The number of hydrogen-bond acceptors (Lipinski definition) is 7. The average Bonchev–Trinajstić information content (AvgIpc) is 3.64. The second-order valence-corrected chi connectivity index (χ2v) is 10.3. The minimum Gasteiger partial charge on any atom is -0.497 e.